The van der Waals surface area contributed by atoms with Gasteiger partial charge in [0, 0.05) is 18.1 Å². The molecule has 0 unspecified atom stereocenters. The molecule has 150 valence electrons. The highest BCUT2D eigenvalue weighted by Gasteiger charge is 2.33. The monoisotopic (exact) mass is 413 g/mol. The largest absolute Gasteiger partial charge is 0.369 e. The summed E-state index contributed by atoms with van der Waals surface area (Å²) in [6.45, 7) is 3.72. The number of carbonyl (C=O) groups excluding carboxylic acids is 2. The quantitative estimate of drug-likeness (QED) is 0.594. The molecule has 3 amide bonds. The summed E-state index contributed by atoms with van der Waals surface area (Å²) in [5, 5.41) is 3.17. The maximum absolute atomic E-state index is 14.7. The summed E-state index contributed by atoms with van der Waals surface area (Å²) < 4.78 is 14.7. The topological polar surface area (TPSA) is 52.7 Å². The highest BCUT2D eigenvalue weighted by Crippen LogP contribution is 2.28. The van der Waals surface area contributed by atoms with Crippen LogP contribution in [0.25, 0.3) is 6.08 Å². The number of nitrogens with zero attached hydrogens (tertiary/aromatic N) is 2. The minimum absolute atomic E-state index is 0.139. The van der Waals surface area contributed by atoms with E-state index in [1.807, 2.05) is 11.8 Å². The zero-order chi connectivity index (χ0) is 20.5. The van der Waals surface area contributed by atoms with Crippen LogP contribution in [0.4, 0.5) is 14.9 Å². The third-order valence-corrected chi connectivity index (χ3v) is 5.55. The number of imide groups is 1. The van der Waals surface area contributed by atoms with Gasteiger partial charge in [-0.1, -0.05) is 23.7 Å². The third-order valence-electron chi connectivity index (χ3n) is 5.30. The van der Waals surface area contributed by atoms with E-state index in [0.717, 1.165) is 42.0 Å². The Morgan fingerprint density at radius 3 is 2.52 bits per heavy atom. The molecule has 0 saturated carbocycles. The molecular weight excluding hydrogens is 393 g/mol. The highest BCUT2D eigenvalue weighted by molar-refractivity contribution is 6.30. The Morgan fingerprint density at radius 1 is 1.14 bits per heavy atom. The van der Waals surface area contributed by atoms with Gasteiger partial charge in [-0.15, -0.1) is 0 Å². The lowest BCUT2D eigenvalue weighted by atomic mass is 10.1. The first-order valence-electron chi connectivity index (χ1n) is 9.56. The second-order valence-corrected chi connectivity index (χ2v) is 7.80. The van der Waals surface area contributed by atoms with E-state index in [1.54, 1.807) is 30.3 Å². The zero-order valence-corrected chi connectivity index (χ0v) is 16.8. The fourth-order valence-electron chi connectivity index (χ4n) is 3.68. The summed E-state index contributed by atoms with van der Waals surface area (Å²) in [6, 6.07) is 9.68. The van der Waals surface area contributed by atoms with E-state index in [4.69, 9.17) is 11.6 Å². The first kappa shape index (κ1) is 19.5. The molecular formula is C22H21ClFN3O2. The van der Waals surface area contributed by atoms with Gasteiger partial charge in [0.1, 0.15) is 11.5 Å². The van der Waals surface area contributed by atoms with Crippen LogP contribution in [0.15, 0.2) is 42.1 Å². The lowest BCUT2D eigenvalue weighted by Crippen LogP contribution is -2.30. The molecule has 0 spiro atoms. The van der Waals surface area contributed by atoms with Crippen molar-refractivity contribution in [2.45, 2.75) is 26.3 Å². The second-order valence-electron chi connectivity index (χ2n) is 7.36. The van der Waals surface area contributed by atoms with Crippen LogP contribution < -0.4 is 10.2 Å². The predicted molar refractivity (Wildman–Crippen MR) is 111 cm³/mol. The van der Waals surface area contributed by atoms with Gasteiger partial charge in [0.15, 0.2) is 0 Å². The molecule has 2 aliphatic rings. The van der Waals surface area contributed by atoms with Gasteiger partial charge in [-0.25, -0.2) is 9.18 Å². The maximum atomic E-state index is 14.7. The molecule has 0 bridgehead atoms. The number of urea groups is 1. The first-order chi connectivity index (χ1) is 13.9. The molecule has 2 aliphatic heterocycles. The molecule has 4 rings (SSSR count). The zero-order valence-electron chi connectivity index (χ0n) is 16.0. The number of rotatable bonds is 4. The summed E-state index contributed by atoms with van der Waals surface area (Å²) in [5.41, 5.74) is 2.94. The molecule has 7 heteroatoms. The fraction of sp³-hybridized carbons (Fsp3) is 0.273. The first-order valence-corrected chi connectivity index (χ1v) is 9.94. The molecule has 2 heterocycles. The van der Waals surface area contributed by atoms with E-state index in [2.05, 4.69) is 5.32 Å². The van der Waals surface area contributed by atoms with E-state index in [0.29, 0.717) is 16.3 Å². The third kappa shape index (κ3) is 3.98. The van der Waals surface area contributed by atoms with Crippen molar-refractivity contribution in [3.05, 3.63) is 69.6 Å². The number of aryl methyl sites for hydroxylation is 1. The number of benzene rings is 2. The summed E-state index contributed by atoms with van der Waals surface area (Å²) >= 11 is 5.88. The van der Waals surface area contributed by atoms with Gasteiger partial charge in [-0.2, -0.15) is 0 Å². The molecule has 2 aromatic carbocycles. The van der Waals surface area contributed by atoms with Gasteiger partial charge in [0.25, 0.3) is 5.91 Å². The number of amides is 3. The van der Waals surface area contributed by atoms with Crippen molar-refractivity contribution >= 4 is 35.3 Å². The van der Waals surface area contributed by atoms with Crippen LogP contribution in [0.5, 0.6) is 0 Å². The standard InChI is InChI=1S/C22H21ClFN3O2/c1-14-10-20(26-8-2-3-9-26)18(24)11-16(14)12-19-21(28)27(22(29)25-19)13-15-4-6-17(23)7-5-15/h4-7,10-12H,2-3,8-9,13H2,1H3,(H,25,29). The summed E-state index contributed by atoms with van der Waals surface area (Å²) in [7, 11) is 0. The van der Waals surface area contributed by atoms with Crippen molar-refractivity contribution in [1.82, 2.24) is 10.2 Å². The summed E-state index contributed by atoms with van der Waals surface area (Å²) in [5.74, 6) is -0.757. The molecule has 0 radical (unpaired) electrons. The lowest BCUT2D eigenvalue weighted by Gasteiger charge is -2.19. The Morgan fingerprint density at radius 2 is 1.83 bits per heavy atom. The number of hydrogen-bond acceptors (Lipinski definition) is 3. The average Bonchev–Trinajstić information content (AvgIpc) is 3.31. The molecule has 2 aromatic rings. The van der Waals surface area contributed by atoms with Crippen molar-refractivity contribution < 1.29 is 14.0 Å². The normalized spacial score (nSPS) is 18.1. The summed E-state index contributed by atoms with van der Waals surface area (Å²) in [6.07, 6.45) is 3.66. The van der Waals surface area contributed by atoms with Crippen LogP contribution in [0, 0.1) is 12.7 Å². The Bertz CT molecular complexity index is 998. The molecule has 29 heavy (non-hydrogen) atoms. The Kier molecular flexibility index (Phi) is 5.28. The van der Waals surface area contributed by atoms with Crippen LogP contribution in [0.2, 0.25) is 5.02 Å². The minimum atomic E-state index is -0.497. The van der Waals surface area contributed by atoms with Crippen LogP contribution in [-0.4, -0.2) is 29.9 Å². The molecule has 0 aromatic heterocycles. The molecule has 2 fully saturated rings. The van der Waals surface area contributed by atoms with Crippen LogP contribution >= 0.6 is 11.6 Å². The van der Waals surface area contributed by atoms with E-state index in [-0.39, 0.29) is 18.1 Å². The van der Waals surface area contributed by atoms with Gasteiger partial charge in [0.2, 0.25) is 0 Å². The van der Waals surface area contributed by atoms with Crippen molar-refractivity contribution in [2.75, 3.05) is 18.0 Å². The second kappa shape index (κ2) is 7.87. The van der Waals surface area contributed by atoms with Gasteiger partial charge < -0.3 is 10.2 Å². The lowest BCUT2D eigenvalue weighted by molar-refractivity contribution is -0.123. The minimum Gasteiger partial charge on any atom is -0.369 e. The number of hydrogen-bond donors (Lipinski definition) is 1. The maximum Gasteiger partial charge on any atom is 0.329 e. The Labute approximate surface area is 173 Å². The van der Waals surface area contributed by atoms with E-state index in [9.17, 15) is 14.0 Å². The molecule has 1 N–H and O–H groups in total. The van der Waals surface area contributed by atoms with E-state index in [1.165, 1.54) is 12.1 Å². The fourth-order valence-corrected chi connectivity index (χ4v) is 3.81. The average molecular weight is 414 g/mol. The number of halogens is 2. The van der Waals surface area contributed by atoms with Gasteiger partial charge in [-0.05, 0) is 66.8 Å². The van der Waals surface area contributed by atoms with E-state index < -0.39 is 11.9 Å². The molecule has 2 saturated heterocycles. The van der Waals surface area contributed by atoms with E-state index >= 15 is 0 Å². The van der Waals surface area contributed by atoms with Crippen LogP contribution in [0.3, 0.4) is 0 Å². The SMILES string of the molecule is Cc1cc(N2CCCC2)c(F)cc1C=C1NC(=O)N(Cc2ccc(Cl)cc2)C1=O. The van der Waals surface area contributed by atoms with Crippen LogP contribution in [-0.2, 0) is 11.3 Å². The summed E-state index contributed by atoms with van der Waals surface area (Å²) in [4.78, 5) is 28.2. The number of nitrogens with one attached hydrogen (secondary N) is 1. The van der Waals surface area contributed by atoms with Crippen LogP contribution in [0.1, 0.15) is 29.5 Å². The van der Waals surface area contributed by atoms with Gasteiger partial charge >= 0.3 is 6.03 Å². The Balaban J connectivity index is 1.56. The predicted octanol–water partition coefficient (Wildman–Crippen LogP) is 4.48. The number of anilines is 1. The highest BCUT2D eigenvalue weighted by atomic mass is 35.5. The Hall–Kier alpha value is -2.86. The van der Waals surface area contributed by atoms with Crippen molar-refractivity contribution in [3.8, 4) is 0 Å². The molecule has 5 nitrogen and oxygen atoms in total. The van der Waals surface area contributed by atoms with Crippen molar-refractivity contribution in [3.63, 3.8) is 0 Å². The van der Waals surface area contributed by atoms with Gasteiger partial charge in [0.05, 0.1) is 12.2 Å². The van der Waals surface area contributed by atoms with Crippen molar-refractivity contribution in [2.24, 2.45) is 0 Å². The number of carbonyl (C=O) groups is 2. The molecule has 0 aliphatic carbocycles. The van der Waals surface area contributed by atoms with Crippen molar-refractivity contribution in [1.29, 1.82) is 0 Å². The van der Waals surface area contributed by atoms with Gasteiger partial charge in [-0.3, -0.25) is 9.69 Å². The molecule has 0 atom stereocenters. The smallest absolute Gasteiger partial charge is 0.329 e.